The van der Waals surface area contributed by atoms with Crippen molar-refractivity contribution >= 4 is 11.7 Å². The highest BCUT2D eigenvalue weighted by atomic mass is 19.3. The zero-order valence-electron chi connectivity index (χ0n) is 17.2. The first-order chi connectivity index (χ1) is 15.0. The second-order valence-electron chi connectivity index (χ2n) is 7.44. The number of halogens is 2. The van der Waals surface area contributed by atoms with E-state index in [1.165, 1.54) is 12.4 Å². The summed E-state index contributed by atoms with van der Waals surface area (Å²) in [6.07, 6.45) is -0.717. The van der Waals surface area contributed by atoms with Gasteiger partial charge in [0.2, 0.25) is 0 Å². The van der Waals surface area contributed by atoms with Gasteiger partial charge in [-0.15, -0.1) is 0 Å². The van der Waals surface area contributed by atoms with Crippen molar-refractivity contribution in [1.82, 2.24) is 24.5 Å². The Morgan fingerprint density at radius 3 is 2.84 bits per heavy atom. The summed E-state index contributed by atoms with van der Waals surface area (Å²) in [6.45, 7) is 2.65. The molecule has 0 unspecified atom stereocenters. The number of likely N-dealkylation sites (tertiary alicyclic amines) is 1. The van der Waals surface area contributed by atoms with Crippen LogP contribution in [0.25, 0.3) is 5.78 Å². The van der Waals surface area contributed by atoms with Crippen LogP contribution < -0.4 is 9.47 Å². The third kappa shape index (κ3) is 4.42. The van der Waals surface area contributed by atoms with E-state index in [0.717, 1.165) is 17.4 Å². The minimum atomic E-state index is -2.71. The highest BCUT2D eigenvalue weighted by Gasteiger charge is 2.30. The molecule has 0 N–H and O–H groups in total. The van der Waals surface area contributed by atoms with Crippen LogP contribution in [-0.4, -0.2) is 56.7 Å². The third-order valence-corrected chi connectivity index (χ3v) is 5.38. The Hall–Kier alpha value is -3.30. The Bertz CT molecular complexity index is 1070. The topological polar surface area (TPSA) is 81.9 Å². The molecule has 0 bridgehead atoms. The number of methoxy groups -OCH3 is 1. The van der Waals surface area contributed by atoms with Gasteiger partial charge in [0.1, 0.15) is 23.5 Å². The van der Waals surface area contributed by atoms with Crippen molar-refractivity contribution in [1.29, 1.82) is 0 Å². The molecule has 31 heavy (non-hydrogen) atoms. The van der Waals surface area contributed by atoms with Crippen LogP contribution in [0.4, 0.5) is 8.78 Å². The summed E-state index contributed by atoms with van der Waals surface area (Å²) in [4.78, 5) is 23.0. The molecule has 1 aliphatic heterocycles. The summed E-state index contributed by atoms with van der Waals surface area (Å²) in [5.41, 5.74) is 0.241. The van der Waals surface area contributed by atoms with E-state index in [4.69, 9.17) is 9.47 Å². The number of hydrogen-bond donors (Lipinski definition) is 0. The number of amides is 1. The lowest BCUT2D eigenvalue weighted by atomic mass is 9.93. The van der Waals surface area contributed by atoms with E-state index in [1.54, 1.807) is 43.2 Å². The van der Waals surface area contributed by atoms with Crippen LogP contribution in [0.5, 0.6) is 11.5 Å². The molecular weight excluding hydrogens is 408 g/mol. The van der Waals surface area contributed by atoms with Crippen molar-refractivity contribution in [3.05, 3.63) is 48.0 Å². The molecule has 1 aromatic carbocycles. The normalized spacial score (nSPS) is 17.7. The Morgan fingerprint density at radius 1 is 1.26 bits per heavy atom. The number of nitrogens with zero attached hydrogens (tertiary/aromatic N) is 5. The van der Waals surface area contributed by atoms with Crippen LogP contribution in [0.3, 0.4) is 0 Å². The van der Waals surface area contributed by atoms with E-state index in [9.17, 15) is 13.6 Å². The fourth-order valence-corrected chi connectivity index (χ4v) is 3.82. The number of fused-ring (bicyclic) bond motifs is 1. The molecule has 10 heteroatoms. The van der Waals surface area contributed by atoms with E-state index >= 15 is 0 Å². The van der Waals surface area contributed by atoms with Crippen molar-refractivity contribution in [3.8, 4) is 11.5 Å². The third-order valence-electron chi connectivity index (χ3n) is 5.38. The summed E-state index contributed by atoms with van der Waals surface area (Å²) in [7, 11) is 1.56. The van der Waals surface area contributed by atoms with Crippen LogP contribution in [0.15, 0.2) is 36.7 Å². The van der Waals surface area contributed by atoms with Gasteiger partial charge < -0.3 is 14.4 Å². The van der Waals surface area contributed by atoms with Gasteiger partial charge in [0.25, 0.3) is 18.1 Å². The second-order valence-corrected chi connectivity index (χ2v) is 7.44. The number of alkyl halides is 2. The Morgan fingerprint density at radius 2 is 2.06 bits per heavy atom. The van der Waals surface area contributed by atoms with Gasteiger partial charge in [-0.05, 0) is 38.0 Å². The molecule has 4 rings (SSSR count). The van der Waals surface area contributed by atoms with Gasteiger partial charge in [0.15, 0.2) is 6.10 Å². The fourth-order valence-electron chi connectivity index (χ4n) is 3.82. The molecule has 164 valence electrons. The molecule has 3 aromatic rings. The first kappa shape index (κ1) is 21.0. The molecule has 1 saturated heterocycles. The molecule has 0 radical (unpaired) electrons. The minimum Gasteiger partial charge on any atom is -0.497 e. The highest BCUT2D eigenvalue weighted by Crippen LogP contribution is 2.29. The van der Waals surface area contributed by atoms with E-state index in [-0.39, 0.29) is 23.3 Å². The molecule has 0 spiro atoms. The Kier molecular flexibility index (Phi) is 5.97. The quantitative estimate of drug-likeness (QED) is 0.596. The number of carbonyl (C=O) groups is 1. The Balaban J connectivity index is 1.49. The molecule has 1 aliphatic rings. The Labute approximate surface area is 177 Å². The summed E-state index contributed by atoms with van der Waals surface area (Å²) in [5, 5.41) is 3.82. The number of ether oxygens (including phenoxy) is 2. The second kappa shape index (κ2) is 8.83. The number of rotatable bonds is 6. The standard InChI is InChI=1S/C21H23F2N5O3/c1-13(31-16-7-3-6-15(9-16)30-2)20(29)27-8-4-5-14(11-27)17-10-18(19(22)23)28-21(26-17)24-12-25-28/h3,6-7,9-10,12-14,19H,4-5,8,11H2,1-2H3/t13-,14+/m1/s1. The average molecular weight is 431 g/mol. The average Bonchev–Trinajstić information content (AvgIpc) is 3.26. The SMILES string of the molecule is COc1cccc(O[C@H](C)C(=O)N2CCC[C@H](c3cc(C(F)F)n4ncnc4n3)C2)c1. The van der Waals surface area contributed by atoms with Crippen molar-refractivity contribution < 1.29 is 23.0 Å². The summed E-state index contributed by atoms with van der Waals surface area (Å²) < 4.78 is 39.0. The van der Waals surface area contributed by atoms with Crippen LogP contribution in [0, 0.1) is 0 Å². The van der Waals surface area contributed by atoms with Gasteiger partial charge in [-0.1, -0.05) is 6.07 Å². The number of piperidine rings is 1. The molecule has 0 aliphatic carbocycles. The van der Waals surface area contributed by atoms with E-state index < -0.39 is 12.5 Å². The fraction of sp³-hybridized carbons (Fsp3) is 0.429. The van der Waals surface area contributed by atoms with Gasteiger partial charge in [-0.3, -0.25) is 4.79 Å². The number of benzene rings is 1. The first-order valence-electron chi connectivity index (χ1n) is 10.0. The van der Waals surface area contributed by atoms with E-state index in [2.05, 4.69) is 15.1 Å². The molecule has 2 aromatic heterocycles. The maximum atomic E-state index is 13.5. The van der Waals surface area contributed by atoms with Crippen LogP contribution in [-0.2, 0) is 4.79 Å². The summed E-state index contributed by atoms with van der Waals surface area (Å²) in [6, 6.07) is 8.42. The molecular formula is C21H23F2N5O3. The van der Waals surface area contributed by atoms with Gasteiger partial charge in [-0.25, -0.2) is 13.8 Å². The molecule has 0 saturated carbocycles. The lowest BCUT2D eigenvalue weighted by molar-refractivity contribution is -0.139. The van der Waals surface area contributed by atoms with Gasteiger partial charge in [-0.2, -0.15) is 14.6 Å². The molecule has 1 amide bonds. The molecule has 3 heterocycles. The molecule has 8 nitrogen and oxygen atoms in total. The van der Waals surface area contributed by atoms with Crippen molar-refractivity contribution in [3.63, 3.8) is 0 Å². The van der Waals surface area contributed by atoms with Crippen LogP contribution in [0.1, 0.15) is 43.5 Å². The van der Waals surface area contributed by atoms with Gasteiger partial charge >= 0.3 is 0 Å². The predicted molar refractivity (Wildman–Crippen MR) is 107 cm³/mol. The summed E-state index contributed by atoms with van der Waals surface area (Å²) >= 11 is 0. The van der Waals surface area contributed by atoms with E-state index in [1.807, 2.05) is 0 Å². The number of carbonyl (C=O) groups excluding carboxylic acids is 1. The number of hydrogen-bond acceptors (Lipinski definition) is 6. The predicted octanol–water partition coefficient (Wildman–Crippen LogP) is 3.24. The maximum Gasteiger partial charge on any atom is 0.280 e. The van der Waals surface area contributed by atoms with Crippen molar-refractivity contribution in [2.45, 2.75) is 38.2 Å². The molecule has 2 atom stereocenters. The lowest BCUT2D eigenvalue weighted by Crippen LogP contribution is -2.45. The van der Waals surface area contributed by atoms with Gasteiger partial charge in [0, 0.05) is 25.1 Å². The van der Waals surface area contributed by atoms with Crippen LogP contribution in [0.2, 0.25) is 0 Å². The first-order valence-corrected chi connectivity index (χ1v) is 10.0. The largest absolute Gasteiger partial charge is 0.497 e. The lowest BCUT2D eigenvalue weighted by Gasteiger charge is -2.34. The molecule has 1 fully saturated rings. The van der Waals surface area contributed by atoms with Crippen molar-refractivity contribution in [2.75, 3.05) is 20.2 Å². The van der Waals surface area contributed by atoms with Crippen molar-refractivity contribution in [2.24, 2.45) is 0 Å². The number of aromatic nitrogens is 4. The van der Waals surface area contributed by atoms with E-state index in [0.29, 0.717) is 30.3 Å². The van der Waals surface area contributed by atoms with Gasteiger partial charge in [0.05, 0.1) is 12.8 Å². The monoisotopic (exact) mass is 431 g/mol. The van der Waals surface area contributed by atoms with Crippen LogP contribution >= 0.6 is 0 Å². The maximum absolute atomic E-state index is 13.5. The smallest absolute Gasteiger partial charge is 0.280 e. The minimum absolute atomic E-state index is 0.131. The summed E-state index contributed by atoms with van der Waals surface area (Å²) in [5.74, 6) is 0.978. The highest BCUT2D eigenvalue weighted by molar-refractivity contribution is 5.81. The zero-order chi connectivity index (χ0) is 22.0. The zero-order valence-corrected chi connectivity index (χ0v) is 17.2.